The Bertz CT molecular complexity index is 766. The molecule has 2 aromatic rings. The topological polar surface area (TPSA) is 33.0 Å². The maximum absolute atomic E-state index is 9.46. The van der Waals surface area contributed by atoms with Crippen LogP contribution in [0.1, 0.15) is 18.1 Å². The highest BCUT2D eigenvalue weighted by molar-refractivity contribution is 9.10. The van der Waals surface area contributed by atoms with Crippen molar-refractivity contribution in [1.29, 1.82) is 5.26 Å². The summed E-state index contributed by atoms with van der Waals surface area (Å²) in [6.45, 7) is 2.46. The molecule has 0 bridgehead atoms. The second kappa shape index (κ2) is 7.69. The fraction of sp³-hybridized carbons (Fsp3) is 0.118. The summed E-state index contributed by atoms with van der Waals surface area (Å²) >= 11 is 15.5. The Morgan fingerprint density at radius 1 is 1.27 bits per heavy atom. The van der Waals surface area contributed by atoms with E-state index in [1.807, 2.05) is 25.1 Å². The van der Waals surface area contributed by atoms with Crippen LogP contribution in [0.25, 0.3) is 11.6 Å². The van der Waals surface area contributed by atoms with Gasteiger partial charge < -0.3 is 4.74 Å². The molecule has 0 aromatic heterocycles. The number of rotatable bonds is 4. The Morgan fingerprint density at radius 3 is 2.68 bits per heavy atom. The second-order valence-electron chi connectivity index (χ2n) is 4.41. The number of benzene rings is 2. The zero-order valence-electron chi connectivity index (χ0n) is 11.7. The molecule has 5 heteroatoms. The quantitative estimate of drug-likeness (QED) is 0.454. The van der Waals surface area contributed by atoms with E-state index >= 15 is 0 Å². The molecule has 2 rings (SSSR count). The molecule has 0 atom stereocenters. The molecule has 0 amide bonds. The van der Waals surface area contributed by atoms with Gasteiger partial charge in [-0.15, -0.1) is 0 Å². The van der Waals surface area contributed by atoms with Gasteiger partial charge in [0.25, 0.3) is 0 Å². The maximum atomic E-state index is 9.46. The summed E-state index contributed by atoms with van der Waals surface area (Å²) in [7, 11) is 0. The first-order valence-corrected chi connectivity index (χ1v) is 8.09. The van der Waals surface area contributed by atoms with Gasteiger partial charge in [0.2, 0.25) is 0 Å². The lowest BCUT2D eigenvalue weighted by Gasteiger charge is -2.09. The predicted octanol–water partition coefficient (Wildman–Crippen LogP) is 6.22. The highest BCUT2D eigenvalue weighted by atomic mass is 79.9. The summed E-state index contributed by atoms with van der Waals surface area (Å²) < 4.78 is 6.50. The molecule has 0 aliphatic heterocycles. The SMILES string of the molecule is CCOc1ccc(Br)cc1/C=C(\C#N)c1ccc(Cl)cc1Cl. The molecular weight excluding hydrogens is 385 g/mol. The van der Waals surface area contributed by atoms with E-state index in [1.54, 1.807) is 24.3 Å². The largest absolute Gasteiger partial charge is 0.493 e. The van der Waals surface area contributed by atoms with Crippen LogP contribution in [-0.4, -0.2) is 6.61 Å². The van der Waals surface area contributed by atoms with Crippen LogP contribution in [0.4, 0.5) is 0 Å². The lowest BCUT2D eigenvalue weighted by molar-refractivity contribution is 0.339. The summed E-state index contributed by atoms with van der Waals surface area (Å²) in [4.78, 5) is 0. The Morgan fingerprint density at radius 2 is 2.05 bits per heavy atom. The van der Waals surface area contributed by atoms with Crippen LogP contribution in [-0.2, 0) is 0 Å². The van der Waals surface area contributed by atoms with Gasteiger partial charge in [0, 0.05) is 20.6 Å². The summed E-state index contributed by atoms with van der Waals surface area (Å²) in [6.07, 6.45) is 1.75. The van der Waals surface area contributed by atoms with Crippen LogP contribution in [0.5, 0.6) is 5.75 Å². The van der Waals surface area contributed by atoms with Crippen molar-refractivity contribution in [1.82, 2.24) is 0 Å². The van der Waals surface area contributed by atoms with Crippen molar-refractivity contribution < 1.29 is 4.74 Å². The molecule has 0 aliphatic rings. The molecule has 0 aliphatic carbocycles. The number of nitrogens with zero attached hydrogens (tertiary/aromatic N) is 1. The van der Waals surface area contributed by atoms with E-state index in [2.05, 4.69) is 22.0 Å². The Labute approximate surface area is 148 Å². The van der Waals surface area contributed by atoms with Gasteiger partial charge in [0.05, 0.1) is 23.3 Å². The standard InChI is InChI=1S/C17H12BrCl2NO/c1-2-22-17-6-3-13(18)8-11(17)7-12(10-21)15-5-4-14(19)9-16(15)20/h3-9H,2H2,1H3/b12-7+. The number of allylic oxidation sites excluding steroid dienone is 1. The van der Waals surface area contributed by atoms with E-state index in [-0.39, 0.29) is 0 Å². The third kappa shape index (κ3) is 4.04. The minimum Gasteiger partial charge on any atom is -0.493 e. The normalized spacial score (nSPS) is 11.1. The average molecular weight is 397 g/mol. The van der Waals surface area contributed by atoms with Crippen molar-refractivity contribution in [3.63, 3.8) is 0 Å². The van der Waals surface area contributed by atoms with Gasteiger partial charge in [-0.3, -0.25) is 0 Å². The molecule has 0 fully saturated rings. The van der Waals surface area contributed by atoms with Gasteiger partial charge in [0.15, 0.2) is 0 Å². The highest BCUT2D eigenvalue weighted by Crippen LogP contribution is 2.31. The van der Waals surface area contributed by atoms with E-state index in [0.29, 0.717) is 33.5 Å². The first-order chi connectivity index (χ1) is 10.5. The number of ether oxygens (including phenoxy) is 1. The maximum Gasteiger partial charge on any atom is 0.126 e. The van der Waals surface area contributed by atoms with E-state index in [0.717, 1.165) is 10.0 Å². The fourth-order valence-corrected chi connectivity index (χ4v) is 2.84. The molecule has 0 N–H and O–H groups in total. The van der Waals surface area contributed by atoms with Crippen LogP contribution in [0, 0.1) is 11.3 Å². The van der Waals surface area contributed by atoms with Crippen molar-refractivity contribution in [2.45, 2.75) is 6.92 Å². The van der Waals surface area contributed by atoms with Crippen LogP contribution < -0.4 is 4.74 Å². The van der Waals surface area contributed by atoms with Gasteiger partial charge in [-0.2, -0.15) is 5.26 Å². The fourth-order valence-electron chi connectivity index (χ4n) is 1.95. The predicted molar refractivity (Wildman–Crippen MR) is 95.3 cm³/mol. The van der Waals surface area contributed by atoms with Crippen LogP contribution >= 0.6 is 39.1 Å². The first-order valence-electron chi connectivity index (χ1n) is 6.54. The van der Waals surface area contributed by atoms with E-state index in [9.17, 15) is 5.26 Å². The monoisotopic (exact) mass is 395 g/mol. The van der Waals surface area contributed by atoms with Crippen LogP contribution in [0.15, 0.2) is 40.9 Å². The molecule has 2 aromatic carbocycles. The minimum atomic E-state index is 0.438. The van der Waals surface area contributed by atoms with Crippen molar-refractivity contribution >= 4 is 50.8 Å². The van der Waals surface area contributed by atoms with E-state index < -0.39 is 0 Å². The molecular formula is C17H12BrCl2NO. The highest BCUT2D eigenvalue weighted by Gasteiger charge is 2.09. The number of halogens is 3. The Hall–Kier alpha value is -1.47. The lowest BCUT2D eigenvalue weighted by atomic mass is 10.0. The van der Waals surface area contributed by atoms with Gasteiger partial charge >= 0.3 is 0 Å². The molecule has 0 saturated heterocycles. The summed E-state index contributed by atoms with van der Waals surface area (Å²) in [6, 6.07) is 12.9. The minimum absolute atomic E-state index is 0.438. The molecule has 0 saturated carbocycles. The molecule has 0 radical (unpaired) electrons. The Kier molecular flexibility index (Phi) is 5.90. The van der Waals surface area contributed by atoms with Crippen LogP contribution in [0.3, 0.4) is 0 Å². The van der Waals surface area contributed by atoms with Crippen molar-refractivity contribution in [3.8, 4) is 11.8 Å². The van der Waals surface area contributed by atoms with Gasteiger partial charge in [-0.25, -0.2) is 0 Å². The molecule has 0 unspecified atom stereocenters. The summed E-state index contributed by atoms with van der Waals surface area (Å²) in [5, 5.41) is 10.4. The van der Waals surface area contributed by atoms with E-state index in [4.69, 9.17) is 27.9 Å². The molecule has 2 nitrogen and oxygen atoms in total. The van der Waals surface area contributed by atoms with Gasteiger partial charge in [-0.1, -0.05) is 45.2 Å². The van der Waals surface area contributed by atoms with Crippen molar-refractivity contribution in [2.24, 2.45) is 0 Å². The number of hydrogen-bond donors (Lipinski definition) is 0. The molecule has 0 spiro atoms. The number of hydrogen-bond acceptors (Lipinski definition) is 2. The van der Waals surface area contributed by atoms with Crippen LogP contribution in [0.2, 0.25) is 10.0 Å². The van der Waals surface area contributed by atoms with Crippen molar-refractivity contribution in [2.75, 3.05) is 6.61 Å². The second-order valence-corrected chi connectivity index (χ2v) is 6.17. The number of nitriles is 1. The average Bonchev–Trinajstić information content (AvgIpc) is 2.48. The van der Waals surface area contributed by atoms with Gasteiger partial charge in [0.1, 0.15) is 5.75 Å². The first kappa shape index (κ1) is 16.9. The third-order valence-electron chi connectivity index (χ3n) is 2.91. The smallest absolute Gasteiger partial charge is 0.126 e. The molecule has 0 heterocycles. The Balaban J connectivity index is 2.54. The van der Waals surface area contributed by atoms with Gasteiger partial charge in [-0.05, 0) is 43.3 Å². The summed E-state index contributed by atoms with van der Waals surface area (Å²) in [5.74, 6) is 0.712. The zero-order chi connectivity index (χ0) is 16.1. The van der Waals surface area contributed by atoms with Crippen molar-refractivity contribution in [3.05, 3.63) is 62.0 Å². The van der Waals surface area contributed by atoms with E-state index in [1.165, 1.54) is 0 Å². The lowest BCUT2D eigenvalue weighted by Crippen LogP contribution is -1.94. The molecule has 22 heavy (non-hydrogen) atoms. The zero-order valence-corrected chi connectivity index (χ0v) is 14.8. The summed E-state index contributed by atoms with van der Waals surface area (Å²) in [5.41, 5.74) is 1.88. The molecule has 112 valence electrons. The third-order valence-corrected chi connectivity index (χ3v) is 3.95.